The molecule has 6 heteroatoms. The predicted octanol–water partition coefficient (Wildman–Crippen LogP) is 0.181. The van der Waals surface area contributed by atoms with E-state index >= 15 is 0 Å². The number of carboxylic acid groups (broad SMARTS) is 1. The highest BCUT2D eigenvalue weighted by Gasteiger charge is 2.25. The summed E-state index contributed by atoms with van der Waals surface area (Å²) in [5.74, 6) is -1.29. The average molecular weight is 252 g/mol. The van der Waals surface area contributed by atoms with Crippen LogP contribution in [0.5, 0.6) is 0 Å². The number of hydrogen-bond donors (Lipinski definition) is 3. The number of hydrogen-bond acceptors (Lipinski definition) is 5. The third kappa shape index (κ3) is 2.99. The third-order valence-corrected chi connectivity index (χ3v) is 2.47. The van der Waals surface area contributed by atoms with E-state index in [0.29, 0.717) is 12.6 Å². The molecule has 6 nitrogen and oxygen atoms in total. The molecule has 0 amide bonds. The summed E-state index contributed by atoms with van der Waals surface area (Å²) in [7, 11) is 0. The molecule has 0 saturated heterocycles. The van der Waals surface area contributed by atoms with Gasteiger partial charge in [0, 0.05) is 16.7 Å². The first-order valence-corrected chi connectivity index (χ1v) is 5.12. The van der Waals surface area contributed by atoms with Gasteiger partial charge >= 0.3 is 5.97 Å². The molecule has 0 aromatic heterocycles. The largest absolute Gasteiger partial charge is 0.481 e. The highest BCUT2D eigenvalue weighted by Crippen LogP contribution is 2.25. The van der Waals surface area contributed by atoms with Crippen LogP contribution in [0.2, 0.25) is 0 Å². The third-order valence-electron chi connectivity index (χ3n) is 2.47. The van der Waals surface area contributed by atoms with Crippen molar-refractivity contribution in [2.75, 3.05) is 0 Å². The van der Waals surface area contributed by atoms with E-state index in [4.69, 9.17) is 5.11 Å². The van der Waals surface area contributed by atoms with E-state index in [0.717, 1.165) is 0 Å². The van der Waals surface area contributed by atoms with Crippen LogP contribution in [0.25, 0.3) is 0 Å². The fourth-order valence-electron chi connectivity index (χ4n) is 1.63. The van der Waals surface area contributed by atoms with Crippen LogP contribution in [0, 0.1) is 0 Å². The SMILES string of the molecule is O=Cc1cccc(C=O)c1C(O)C(O)CC(=O)O. The van der Waals surface area contributed by atoms with E-state index in [2.05, 4.69) is 0 Å². The molecule has 0 heterocycles. The van der Waals surface area contributed by atoms with Crippen LogP contribution in [0.4, 0.5) is 0 Å². The molecule has 2 unspecified atom stereocenters. The van der Waals surface area contributed by atoms with Crippen LogP contribution < -0.4 is 0 Å². The number of aliphatic carboxylic acids is 1. The van der Waals surface area contributed by atoms with Crippen molar-refractivity contribution < 1.29 is 29.7 Å². The van der Waals surface area contributed by atoms with Crippen LogP contribution in [0.15, 0.2) is 18.2 Å². The Labute approximate surface area is 102 Å². The second-order valence-corrected chi connectivity index (χ2v) is 3.70. The number of rotatable bonds is 6. The minimum absolute atomic E-state index is 0.0385. The van der Waals surface area contributed by atoms with Gasteiger partial charge in [-0.1, -0.05) is 18.2 Å². The molecule has 0 aliphatic carbocycles. The molecule has 1 aromatic rings. The lowest BCUT2D eigenvalue weighted by Gasteiger charge is -2.19. The van der Waals surface area contributed by atoms with Gasteiger partial charge in [-0.2, -0.15) is 0 Å². The molecule has 0 fully saturated rings. The van der Waals surface area contributed by atoms with E-state index in [1.807, 2.05) is 0 Å². The first kappa shape index (κ1) is 14.0. The zero-order chi connectivity index (χ0) is 13.7. The Morgan fingerprint density at radius 1 is 1.17 bits per heavy atom. The van der Waals surface area contributed by atoms with Crippen molar-refractivity contribution in [3.63, 3.8) is 0 Å². The fraction of sp³-hybridized carbons (Fsp3) is 0.250. The van der Waals surface area contributed by atoms with Crippen molar-refractivity contribution >= 4 is 18.5 Å². The lowest BCUT2D eigenvalue weighted by Crippen LogP contribution is -2.23. The summed E-state index contributed by atoms with van der Waals surface area (Å²) in [5.41, 5.74) is 0.0179. The van der Waals surface area contributed by atoms with Gasteiger partial charge in [-0.3, -0.25) is 14.4 Å². The topological polar surface area (TPSA) is 112 Å². The number of carbonyl (C=O) groups is 3. The Morgan fingerprint density at radius 3 is 2.06 bits per heavy atom. The maximum Gasteiger partial charge on any atom is 0.306 e. The summed E-state index contributed by atoms with van der Waals surface area (Å²) < 4.78 is 0. The van der Waals surface area contributed by atoms with E-state index in [1.165, 1.54) is 18.2 Å². The molecule has 0 aliphatic rings. The van der Waals surface area contributed by atoms with E-state index in [9.17, 15) is 24.6 Å². The zero-order valence-electron chi connectivity index (χ0n) is 9.31. The van der Waals surface area contributed by atoms with Crippen molar-refractivity contribution in [1.82, 2.24) is 0 Å². The van der Waals surface area contributed by atoms with Gasteiger partial charge in [0.2, 0.25) is 0 Å². The predicted molar refractivity (Wildman–Crippen MR) is 60.4 cm³/mol. The van der Waals surface area contributed by atoms with Gasteiger partial charge in [0.05, 0.1) is 12.5 Å². The van der Waals surface area contributed by atoms with Crippen LogP contribution in [-0.2, 0) is 4.79 Å². The number of carbonyl (C=O) groups excluding carboxylic acids is 2. The maximum absolute atomic E-state index is 10.8. The van der Waals surface area contributed by atoms with Gasteiger partial charge in [-0.05, 0) is 0 Å². The van der Waals surface area contributed by atoms with Gasteiger partial charge in [0.15, 0.2) is 0 Å². The van der Waals surface area contributed by atoms with Crippen LogP contribution in [0.1, 0.15) is 38.8 Å². The van der Waals surface area contributed by atoms with Gasteiger partial charge < -0.3 is 15.3 Å². The second-order valence-electron chi connectivity index (χ2n) is 3.70. The number of aldehydes is 2. The molecule has 1 aromatic carbocycles. The first-order chi connectivity index (χ1) is 8.51. The minimum Gasteiger partial charge on any atom is -0.481 e. The van der Waals surface area contributed by atoms with Crippen molar-refractivity contribution in [2.45, 2.75) is 18.6 Å². The van der Waals surface area contributed by atoms with Crippen LogP contribution >= 0.6 is 0 Å². The summed E-state index contributed by atoms with van der Waals surface area (Å²) in [5, 5.41) is 27.9. The van der Waals surface area contributed by atoms with Gasteiger partial charge in [0.25, 0.3) is 0 Å². The molecule has 18 heavy (non-hydrogen) atoms. The lowest BCUT2D eigenvalue weighted by molar-refractivity contribution is -0.141. The standard InChI is InChI=1S/C12H12O6/c13-5-7-2-1-3-8(6-14)11(7)12(18)9(15)4-10(16)17/h1-3,5-6,9,12,15,18H,4H2,(H,16,17). The van der Waals surface area contributed by atoms with Crippen molar-refractivity contribution in [3.8, 4) is 0 Å². The van der Waals surface area contributed by atoms with E-state index in [1.54, 1.807) is 0 Å². The van der Waals surface area contributed by atoms with Gasteiger partial charge in [-0.15, -0.1) is 0 Å². The maximum atomic E-state index is 10.8. The summed E-state index contributed by atoms with van der Waals surface area (Å²) in [6.07, 6.45) is -3.03. The number of aliphatic hydroxyl groups is 2. The summed E-state index contributed by atoms with van der Waals surface area (Å²) in [6, 6.07) is 4.19. The summed E-state index contributed by atoms with van der Waals surface area (Å²) in [6.45, 7) is 0. The monoisotopic (exact) mass is 252 g/mol. The smallest absolute Gasteiger partial charge is 0.306 e. The Morgan fingerprint density at radius 2 is 1.67 bits per heavy atom. The zero-order valence-corrected chi connectivity index (χ0v) is 9.31. The summed E-state index contributed by atoms with van der Waals surface area (Å²) >= 11 is 0. The van der Waals surface area contributed by atoms with Crippen molar-refractivity contribution in [2.24, 2.45) is 0 Å². The number of benzene rings is 1. The molecule has 3 N–H and O–H groups in total. The summed E-state index contributed by atoms with van der Waals surface area (Å²) in [4.78, 5) is 32.1. The molecule has 0 bridgehead atoms. The Hall–Kier alpha value is -2.05. The highest BCUT2D eigenvalue weighted by molar-refractivity contribution is 5.86. The van der Waals surface area contributed by atoms with Gasteiger partial charge in [-0.25, -0.2) is 0 Å². The Bertz CT molecular complexity index is 441. The first-order valence-electron chi connectivity index (χ1n) is 5.12. The number of carboxylic acids is 1. The molecule has 0 spiro atoms. The minimum atomic E-state index is -1.61. The van der Waals surface area contributed by atoms with E-state index < -0.39 is 24.6 Å². The quantitative estimate of drug-likeness (QED) is 0.623. The number of aliphatic hydroxyl groups excluding tert-OH is 2. The van der Waals surface area contributed by atoms with Crippen LogP contribution in [-0.4, -0.2) is 40.0 Å². The van der Waals surface area contributed by atoms with Crippen LogP contribution in [0.3, 0.4) is 0 Å². The Kier molecular flexibility index (Phi) is 4.70. The fourth-order valence-corrected chi connectivity index (χ4v) is 1.63. The highest BCUT2D eigenvalue weighted by atomic mass is 16.4. The molecule has 0 aliphatic heterocycles. The molecule has 0 radical (unpaired) electrons. The molecule has 1 rings (SSSR count). The van der Waals surface area contributed by atoms with Crippen molar-refractivity contribution in [1.29, 1.82) is 0 Å². The van der Waals surface area contributed by atoms with Crippen molar-refractivity contribution in [3.05, 3.63) is 34.9 Å². The molecule has 2 atom stereocenters. The average Bonchev–Trinajstić information content (AvgIpc) is 2.35. The van der Waals surface area contributed by atoms with Gasteiger partial charge in [0.1, 0.15) is 18.7 Å². The molecule has 0 saturated carbocycles. The molecular formula is C12H12O6. The normalized spacial score (nSPS) is 13.7. The lowest BCUT2D eigenvalue weighted by atomic mass is 9.93. The second kappa shape index (κ2) is 6.04. The molecular weight excluding hydrogens is 240 g/mol. The van der Waals surface area contributed by atoms with E-state index in [-0.39, 0.29) is 16.7 Å². The molecule has 96 valence electrons. The Balaban J connectivity index is 3.17.